The largest absolute Gasteiger partial charge is 0.504 e. The molecular formula is C45H68N6O7. The van der Waals surface area contributed by atoms with Gasteiger partial charge in [-0.2, -0.15) is 0 Å². The molecule has 0 aromatic heterocycles. The van der Waals surface area contributed by atoms with Crippen molar-refractivity contribution in [2.24, 2.45) is 45.2 Å². The number of aliphatic hydroxyl groups is 3. The number of phenols is 1. The molecule has 2 unspecified atom stereocenters. The van der Waals surface area contributed by atoms with Crippen LogP contribution < -0.4 is 21.1 Å². The molecule has 6 heterocycles. The number of hydrogen-bond acceptors (Lipinski definition) is 13. The van der Waals surface area contributed by atoms with Crippen LogP contribution in [0.25, 0.3) is 0 Å². The van der Waals surface area contributed by atoms with E-state index in [9.17, 15) is 25.2 Å². The van der Waals surface area contributed by atoms with E-state index >= 15 is 0 Å². The zero-order valence-electron chi connectivity index (χ0n) is 34.5. The molecule has 8 bridgehead atoms. The standard InChI is InChI=1S/C45H68N6O7/c1-29(54)57-41-20-36(55)8-13-44(26-48-43(46)49-28-50-21-30-15-33(23-50)39(25-53)51(22-30)27-45(44)10-2-3-11-45)12-7-31-5-4-6-35-19-37(9-14-47-35)58-42-18-32(16-38(31)41)34(24-52)17-40(42)56/h17-18,30-31,33,35-39,41,47,52-53,55-56H,2-6,8-11,13-16,19-28H2,1H3,(H3,46,48,49)/t30-,31-,33-,35-,36+,37-,38-,39+,41-,44+/m1/s1. The summed E-state index contributed by atoms with van der Waals surface area (Å²) < 4.78 is 12.7. The molecule has 1 aromatic rings. The first-order valence-corrected chi connectivity index (χ1v) is 22.4. The second-order valence-electron chi connectivity index (χ2n) is 19.1. The number of hydrogen-bond donors (Lipinski definition) is 7. The van der Waals surface area contributed by atoms with Gasteiger partial charge in [-0.3, -0.25) is 14.6 Å². The Bertz CT molecular complexity index is 1710. The highest BCUT2D eigenvalue weighted by Gasteiger charge is 2.55. The fourth-order valence-corrected chi connectivity index (χ4v) is 12.4. The molecule has 12 atom stereocenters. The molecule has 3 saturated heterocycles. The summed E-state index contributed by atoms with van der Waals surface area (Å²) in [5, 5.41) is 52.0. The molecule has 2 aliphatic carbocycles. The van der Waals surface area contributed by atoms with Crippen molar-refractivity contribution in [2.45, 2.75) is 134 Å². The van der Waals surface area contributed by atoms with Crippen LogP contribution in [0.5, 0.6) is 11.5 Å². The zero-order chi connectivity index (χ0) is 40.4. The van der Waals surface area contributed by atoms with Crippen LogP contribution in [0.15, 0.2) is 17.1 Å². The minimum absolute atomic E-state index is 0.00203. The van der Waals surface area contributed by atoms with Gasteiger partial charge in [-0.15, -0.1) is 0 Å². The smallest absolute Gasteiger partial charge is 0.302 e. The van der Waals surface area contributed by atoms with Crippen molar-refractivity contribution in [2.75, 3.05) is 52.5 Å². The van der Waals surface area contributed by atoms with Crippen LogP contribution in [0.3, 0.4) is 0 Å². The molecule has 9 rings (SSSR count). The molecule has 4 fully saturated rings. The van der Waals surface area contributed by atoms with Gasteiger partial charge in [-0.1, -0.05) is 31.1 Å². The Morgan fingerprint density at radius 2 is 1.91 bits per heavy atom. The van der Waals surface area contributed by atoms with E-state index in [0.717, 1.165) is 102 Å². The van der Waals surface area contributed by atoms with Gasteiger partial charge in [0.25, 0.3) is 0 Å². The maximum absolute atomic E-state index is 12.9. The lowest BCUT2D eigenvalue weighted by atomic mass is 9.58. The SMILES string of the molecule is CC(=O)O[C@@H]1C[C@@H](O)CC[C@@]2(C#C[C@H]3CCC[C@@H]4C[C@@H](CCN4)Oc4cc(c(CO)cc4O)C[C@H]31)CNC(N)=NCN1C[C@H]3C[C@H](C1)[C@H](CO)N(C3)CC21CCCC1. The van der Waals surface area contributed by atoms with Gasteiger partial charge < -0.3 is 46.3 Å². The maximum atomic E-state index is 12.9. The fraction of sp³-hybridized carbons (Fsp3) is 0.778. The highest BCUT2D eigenvalue weighted by molar-refractivity contribution is 5.77. The zero-order valence-corrected chi connectivity index (χ0v) is 34.5. The minimum Gasteiger partial charge on any atom is -0.504 e. The van der Waals surface area contributed by atoms with Crippen molar-refractivity contribution in [3.8, 4) is 23.3 Å². The van der Waals surface area contributed by atoms with Crippen molar-refractivity contribution >= 4 is 11.9 Å². The molecule has 6 aliphatic heterocycles. The summed E-state index contributed by atoms with van der Waals surface area (Å²) in [4.78, 5) is 22.7. The molecule has 8 N–H and O–H groups in total. The Kier molecular flexibility index (Phi) is 12.8. The fourth-order valence-electron chi connectivity index (χ4n) is 12.4. The predicted molar refractivity (Wildman–Crippen MR) is 221 cm³/mol. The van der Waals surface area contributed by atoms with Gasteiger partial charge >= 0.3 is 5.97 Å². The van der Waals surface area contributed by atoms with Crippen LogP contribution in [-0.4, -0.2) is 125 Å². The van der Waals surface area contributed by atoms with Crippen LogP contribution in [0, 0.1) is 46.3 Å². The number of piperidine rings is 3. The number of aromatic hydroxyl groups is 1. The molecule has 13 heteroatoms. The van der Waals surface area contributed by atoms with E-state index < -0.39 is 23.6 Å². The number of benzene rings is 1. The van der Waals surface area contributed by atoms with Crippen LogP contribution in [0.4, 0.5) is 0 Å². The first-order chi connectivity index (χ1) is 28.1. The number of carbonyl (C=O) groups excluding carboxylic acids is 1. The number of fused-ring (bicyclic) bond motifs is 8. The number of aliphatic imine (C=N–C) groups is 1. The molecule has 0 amide bonds. The van der Waals surface area contributed by atoms with Crippen molar-refractivity contribution in [1.82, 2.24) is 20.4 Å². The molecular weight excluding hydrogens is 737 g/mol. The molecule has 58 heavy (non-hydrogen) atoms. The van der Waals surface area contributed by atoms with Crippen LogP contribution in [0.2, 0.25) is 0 Å². The Morgan fingerprint density at radius 1 is 1.07 bits per heavy atom. The Balaban J connectivity index is 1.26. The molecule has 1 aromatic carbocycles. The van der Waals surface area contributed by atoms with Gasteiger partial charge in [-0.25, -0.2) is 4.99 Å². The molecule has 320 valence electrons. The lowest BCUT2D eigenvalue weighted by molar-refractivity contribution is -0.152. The first-order valence-electron chi connectivity index (χ1n) is 22.4. The van der Waals surface area contributed by atoms with E-state index in [-0.39, 0.29) is 60.8 Å². The predicted octanol–water partition coefficient (Wildman–Crippen LogP) is 2.86. The third kappa shape index (κ3) is 8.84. The number of esters is 1. The topological polar surface area (TPSA) is 185 Å². The summed E-state index contributed by atoms with van der Waals surface area (Å²) in [7, 11) is 0. The number of rotatable bonds is 3. The van der Waals surface area contributed by atoms with E-state index in [1.807, 2.05) is 6.07 Å². The summed E-state index contributed by atoms with van der Waals surface area (Å²) in [5.41, 5.74) is 7.31. The third-order valence-electron chi connectivity index (χ3n) is 15.4. The number of nitrogens with zero attached hydrogens (tertiary/aromatic N) is 3. The van der Waals surface area contributed by atoms with E-state index in [2.05, 4.69) is 32.3 Å². The molecule has 13 nitrogen and oxygen atoms in total. The summed E-state index contributed by atoms with van der Waals surface area (Å²) in [6.07, 6.45) is 9.94. The maximum Gasteiger partial charge on any atom is 0.302 e. The number of ether oxygens (including phenoxy) is 2. The van der Waals surface area contributed by atoms with Gasteiger partial charge in [0.05, 0.1) is 31.4 Å². The van der Waals surface area contributed by atoms with Crippen molar-refractivity contribution < 1.29 is 34.7 Å². The van der Waals surface area contributed by atoms with Crippen LogP contribution in [-0.2, 0) is 22.6 Å². The van der Waals surface area contributed by atoms with Crippen molar-refractivity contribution in [1.29, 1.82) is 0 Å². The third-order valence-corrected chi connectivity index (χ3v) is 15.4. The monoisotopic (exact) mass is 805 g/mol. The summed E-state index contributed by atoms with van der Waals surface area (Å²) >= 11 is 0. The van der Waals surface area contributed by atoms with Crippen molar-refractivity contribution in [3.05, 3.63) is 23.3 Å². The Morgan fingerprint density at radius 3 is 2.71 bits per heavy atom. The number of aliphatic hydroxyl groups excluding tert-OH is 3. The van der Waals surface area contributed by atoms with Crippen LogP contribution in [0.1, 0.15) is 102 Å². The highest BCUT2D eigenvalue weighted by atomic mass is 16.5. The average Bonchev–Trinajstić information content (AvgIpc) is 3.68. The van der Waals surface area contributed by atoms with Crippen molar-refractivity contribution in [3.63, 3.8) is 0 Å². The van der Waals surface area contributed by atoms with E-state index in [4.69, 9.17) is 20.2 Å². The van der Waals surface area contributed by atoms with Gasteiger partial charge in [0.2, 0.25) is 0 Å². The van der Waals surface area contributed by atoms with Gasteiger partial charge in [0, 0.05) is 75.4 Å². The summed E-state index contributed by atoms with van der Waals surface area (Å²) in [5.74, 6) is 8.76. The van der Waals surface area contributed by atoms with E-state index in [1.54, 1.807) is 6.07 Å². The van der Waals surface area contributed by atoms with Gasteiger partial charge in [0.15, 0.2) is 17.5 Å². The molecule has 8 aliphatic rings. The number of nitrogens with one attached hydrogen (secondary N) is 2. The van der Waals surface area contributed by atoms with Gasteiger partial charge in [0.1, 0.15) is 12.2 Å². The lowest BCUT2D eigenvalue weighted by Gasteiger charge is -2.55. The van der Waals surface area contributed by atoms with Crippen LogP contribution >= 0.6 is 0 Å². The molecule has 1 saturated carbocycles. The van der Waals surface area contributed by atoms with E-state index in [0.29, 0.717) is 61.6 Å². The average molecular weight is 805 g/mol. The second kappa shape index (κ2) is 17.8. The van der Waals surface area contributed by atoms with E-state index in [1.165, 1.54) is 6.92 Å². The number of phenolic OH excluding ortho intramolecular Hbond substituents is 1. The summed E-state index contributed by atoms with van der Waals surface area (Å²) in [6, 6.07) is 3.79. The number of guanidine groups is 1. The van der Waals surface area contributed by atoms with Gasteiger partial charge in [-0.05, 0) is 106 Å². The normalized spacial score (nSPS) is 39.0. The molecule has 2 spiro atoms. The quantitative estimate of drug-likeness (QED) is 0.176. The second-order valence-corrected chi connectivity index (χ2v) is 19.1. The Labute approximate surface area is 344 Å². The molecule has 0 radical (unpaired) electrons. The Hall–Kier alpha value is -3.12. The number of nitrogens with two attached hydrogens (primary N) is 1. The first kappa shape index (κ1) is 41.6. The lowest BCUT2D eigenvalue weighted by Crippen LogP contribution is -2.62. The highest BCUT2D eigenvalue weighted by Crippen LogP contribution is 2.56. The summed E-state index contributed by atoms with van der Waals surface area (Å²) in [6.45, 7) is 6.78. The number of carbonyl (C=O) groups is 1. The minimum atomic E-state index is -0.760.